The predicted molar refractivity (Wildman–Crippen MR) is 104 cm³/mol. The van der Waals surface area contributed by atoms with Crippen LogP contribution in [0.2, 0.25) is 0 Å². The topological polar surface area (TPSA) is 66.5 Å². The molecule has 0 spiro atoms. The third-order valence-corrected chi connectivity index (χ3v) is 5.87. The van der Waals surface area contributed by atoms with E-state index >= 15 is 0 Å². The summed E-state index contributed by atoms with van der Waals surface area (Å²) in [4.78, 5) is 13.4. The largest absolute Gasteiger partial charge is 0.351 e. The van der Waals surface area contributed by atoms with Crippen LogP contribution in [-0.2, 0) is 10.0 Å². The lowest BCUT2D eigenvalue weighted by Gasteiger charge is -2.17. The minimum absolute atomic E-state index is 0.215. The number of rotatable bonds is 7. The number of nitrogens with zero attached hydrogens (tertiary/aromatic N) is 1. The van der Waals surface area contributed by atoms with Crippen molar-refractivity contribution >= 4 is 33.4 Å². The Morgan fingerprint density at radius 2 is 1.84 bits per heavy atom. The van der Waals surface area contributed by atoms with E-state index in [1.807, 2.05) is 6.92 Å². The van der Waals surface area contributed by atoms with Crippen LogP contribution in [0.3, 0.4) is 0 Å². The highest BCUT2D eigenvalue weighted by Crippen LogP contribution is 2.18. The summed E-state index contributed by atoms with van der Waals surface area (Å²) < 4.78 is 24.4. The van der Waals surface area contributed by atoms with Gasteiger partial charge in [0.25, 0.3) is 5.91 Å². The number of benzene rings is 2. The quantitative estimate of drug-likeness (QED) is 0.594. The molecule has 0 aromatic heterocycles. The Kier molecular flexibility index (Phi) is 6.50. The van der Waals surface area contributed by atoms with Gasteiger partial charge in [-0.2, -0.15) is 0 Å². The molecule has 0 aliphatic rings. The van der Waals surface area contributed by atoms with E-state index in [2.05, 4.69) is 29.6 Å². The van der Waals surface area contributed by atoms with Crippen molar-refractivity contribution in [1.29, 1.82) is 0 Å². The van der Waals surface area contributed by atoms with E-state index in [9.17, 15) is 13.2 Å². The van der Waals surface area contributed by atoms with Crippen LogP contribution in [0, 0.1) is 6.92 Å². The molecular formula is C18H22N2O3S2. The molecule has 0 radical (unpaired) electrons. The van der Waals surface area contributed by atoms with Crippen molar-refractivity contribution in [2.75, 3.05) is 29.9 Å². The summed E-state index contributed by atoms with van der Waals surface area (Å²) in [7, 11) is -1.89. The summed E-state index contributed by atoms with van der Waals surface area (Å²) in [6.07, 6.45) is 1.13. The molecule has 5 nitrogen and oxygen atoms in total. The summed E-state index contributed by atoms with van der Waals surface area (Å²) in [5.41, 5.74) is 2.12. The van der Waals surface area contributed by atoms with Gasteiger partial charge in [-0.1, -0.05) is 23.8 Å². The minimum atomic E-state index is -3.35. The molecule has 0 heterocycles. The molecule has 0 fully saturated rings. The Labute approximate surface area is 153 Å². The lowest BCUT2D eigenvalue weighted by atomic mass is 10.2. The van der Waals surface area contributed by atoms with Gasteiger partial charge in [-0.25, -0.2) is 8.42 Å². The van der Waals surface area contributed by atoms with Gasteiger partial charge in [0.1, 0.15) is 0 Å². The Balaban J connectivity index is 1.89. The van der Waals surface area contributed by atoms with Crippen molar-refractivity contribution in [3.63, 3.8) is 0 Å². The summed E-state index contributed by atoms with van der Waals surface area (Å²) >= 11 is 1.68. The van der Waals surface area contributed by atoms with E-state index in [4.69, 9.17) is 0 Å². The maximum atomic E-state index is 12.2. The van der Waals surface area contributed by atoms with Gasteiger partial charge in [-0.15, -0.1) is 11.8 Å². The molecule has 2 rings (SSSR count). The maximum absolute atomic E-state index is 12.2. The molecule has 2 aromatic rings. The average Bonchev–Trinajstić information content (AvgIpc) is 2.58. The number of nitrogens with one attached hydrogen (secondary N) is 1. The first kappa shape index (κ1) is 19.3. The van der Waals surface area contributed by atoms with Crippen molar-refractivity contribution in [1.82, 2.24) is 5.32 Å². The summed E-state index contributed by atoms with van der Waals surface area (Å²) in [6.45, 7) is 2.58. The van der Waals surface area contributed by atoms with Crippen molar-refractivity contribution in [2.24, 2.45) is 0 Å². The van der Waals surface area contributed by atoms with Gasteiger partial charge in [0, 0.05) is 29.8 Å². The molecule has 0 unspecified atom stereocenters. The molecule has 0 atom stereocenters. The van der Waals surface area contributed by atoms with Crippen molar-refractivity contribution in [3.05, 3.63) is 59.7 Å². The maximum Gasteiger partial charge on any atom is 0.251 e. The van der Waals surface area contributed by atoms with Crippen LogP contribution in [-0.4, -0.2) is 39.9 Å². The molecule has 25 heavy (non-hydrogen) atoms. The van der Waals surface area contributed by atoms with Gasteiger partial charge in [0.2, 0.25) is 10.0 Å². The highest BCUT2D eigenvalue weighted by atomic mass is 32.2. The van der Waals surface area contributed by atoms with Gasteiger partial charge < -0.3 is 5.32 Å². The number of carbonyl (C=O) groups is 1. The Bertz CT molecular complexity index is 834. The lowest BCUT2D eigenvalue weighted by Crippen LogP contribution is -2.27. The second-order valence-corrected chi connectivity index (χ2v) is 8.88. The number of hydrogen-bond donors (Lipinski definition) is 1. The van der Waals surface area contributed by atoms with E-state index in [1.165, 1.54) is 12.6 Å². The first-order chi connectivity index (χ1) is 11.8. The number of amides is 1. The zero-order chi connectivity index (χ0) is 18.4. The number of carbonyl (C=O) groups excluding carboxylic acids is 1. The predicted octanol–water partition coefficient (Wildman–Crippen LogP) is 2.91. The number of hydrogen-bond acceptors (Lipinski definition) is 4. The van der Waals surface area contributed by atoms with E-state index < -0.39 is 10.0 Å². The molecule has 0 aliphatic heterocycles. The second kappa shape index (κ2) is 8.40. The Hall–Kier alpha value is -1.99. The second-order valence-electron chi connectivity index (χ2n) is 5.70. The number of anilines is 1. The molecule has 0 saturated carbocycles. The van der Waals surface area contributed by atoms with E-state index in [1.54, 1.807) is 36.0 Å². The van der Waals surface area contributed by atoms with E-state index in [-0.39, 0.29) is 5.91 Å². The third kappa shape index (κ3) is 5.79. The fourth-order valence-corrected chi connectivity index (χ4v) is 3.37. The van der Waals surface area contributed by atoms with Crippen LogP contribution in [0.5, 0.6) is 0 Å². The van der Waals surface area contributed by atoms with Crippen LogP contribution in [0.4, 0.5) is 5.69 Å². The van der Waals surface area contributed by atoms with Crippen LogP contribution in [0.25, 0.3) is 0 Å². The number of sulfonamides is 1. The molecule has 1 amide bonds. The molecule has 7 heteroatoms. The Morgan fingerprint density at radius 1 is 1.16 bits per heavy atom. The Morgan fingerprint density at radius 3 is 2.48 bits per heavy atom. The van der Waals surface area contributed by atoms with Crippen molar-refractivity contribution < 1.29 is 13.2 Å². The van der Waals surface area contributed by atoms with Gasteiger partial charge in [-0.05, 0) is 37.3 Å². The third-order valence-electron chi connectivity index (χ3n) is 3.65. The fourth-order valence-electron chi connectivity index (χ4n) is 2.10. The lowest BCUT2D eigenvalue weighted by molar-refractivity contribution is 0.0956. The van der Waals surface area contributed by atoms with Crippen molar-refractivity contribution in [2.45, 2.75) is 11.8 Å². The van der Waals surface area contributed by atoms with E-state index in [0.717, 1.165) is 21.2 Å². The summed E-state index contributed by atoms with van der Waals surface area (Å²) in [5.74, 6) is 0.547. The molecule has 0 bridgehead atoms. The highest BCUT2D eigenvalue weighted by molar-refractivity contribution is 7.99. The minimum Gasteiger partial charge on any atom is -0.351 e. The summed E-state index contributed by atoms with van der Waals surface area (Å²) in [5, 5.41) is 2.86. The molecule has 1 N–H and O–H groups in total. The molecule has 134 valence electrons. The fraction of sp³-hybridized carbons (Fsp3) is 0.278. The van der Waals surface area contributed by atoms with Crippen LogP contribution in [0.15, 0.2) is 53.4 Å². The van der Waals surface area contributed by atoms with Crippen LogP contribution >= 0.6 is 11.8 Å². The van der Waals surface area contributed by atoms with Gasteiger partial charge in [0.05, 0.1) is 11.9 Å². The standard InChI is InChI=1S/C18H22N2O3S2/c1-14-7-9-17(10-8-14)24-12-11-19-18(21)15-5-4-6-16(13-15)20(2)25(3,22)23/h4-10,13H,11-12H2,1-3H3,(H,19,21). The smallest absolute Gasteiger partial charge is 0.251 e. The first-order valence-electron chi connectivity index (χ1n) is 7.79. The number of thioether (sulfide) groups is 1. The van der Waals surface area contributed by atoms with Crippen molar-refractivity contribution in [3.8, 4) is 0 Å². The monoisotopic (exact) mass is 378 g/mol. The molecule has 0 aliphatic carbocycles. The first-order valence-corrected chi connectivity index (χ1v) is 10.6. The normalized spacial score (nSPS) is 11.2. The molecular weight excluding hydrogens is 356 g/mol. The zero-order valence-electron chi connectivity index (χ0n) is 14.5. The number of aryl methyl sites for hydroxylation is 1. The van der Waals surface area contributed by atoms with Crippen LogP contribution < -0.4 is 9.62 Å². The van der Waals surface area contributed by atoms with Gasteiger partial charge in [0.15, 0.2) is 0 Å². The molecule has 2 aromatic carbocycles. The van der Waals surface area contributed by atoms with Gasteiger partial charge >= 0.3 is 0 Å². The van der Waals surface area contributed by atoms with E-state index in [0.29, 0.717) is 17.8 Å². The summed E-state index contributed by atoms with van der Waals surface area (Å²) in [6, 6.07) is 14.8. The van der Waals surface area contributed by atoms with Crippen LogP contribution in [0.1, 0.15) is 15.9 Å². The van der Waals surface area contributed by atoms with Gasteiger partial charge in [-0.3, -0.25) is 9.10 Å². The average molecular weight is 379 g/mol. The zero-order valence-corrected chi connectivity index (χ0v) is 16.2. The molecule has 0 saturated heterocycles. The SMILES string of the molecule is Cc1ccc(SCCNC(=O)c2cccc(N(C)S(C)(=O)=O)c2)cc1. The highest BCUT2D eigenvalue weighted by Gasteiger charge is 2.14.